The van der Waals surface area contributed by atoms with Crippen LogP contribution in [0.4, 0.5) is 0 Å². The Balaban J connectivity index is 1.99. The van der Waals surface area contributed by atoms with Crippen LogP contribution in [0.25, 0.3) is 0 Å². The van der Waals surface area contributed by atoms with Gasteiger partial charge >= 0.3 is 5.97 Å². The Morgan fingerprint density at radius 2 is 2.07 bits per heavy atom. The first kappa shape index (κ1) is 10.2. The van der Waals surface area contributed by atoms with Crippen LogP contribution in [0.2, 0.25) is 0 Å². The molecule has 0 aliphatic carbocycles. The number of benzene rings is 1. The van der Waals surface area contributed by atoms with Gasteiger partial charge in [0.2, 0.25) is 0 Å². The Morgan fingerprint density at radius 3 is 2.67 bits per heavy atom. The molecule has 1 heterocycles. The molecule has 0 saturated carbocycles. The van der Waals surface area contributed by atoms with Gasteiger partial charge in [-0.25, -0.2) is 0 Å². The van der Waals surface area contributed by atoms with Crippen molar-refractivity contribution in [3.63, 3.8) is 0 Å². The van der Waals surface area contributed by atoms with E-state index < -0.39 is 0 Å². The van der Waals surface area contributed by atoms with Crippen molar-refractivity contribution in [1.82, 2.24) is 0 Å². The highest BCUT2D eigenvalue weighted by Crippen LogP contribution is 2.43. The third-order valence-electron chi connectivity index (χ3n) is 2.72. The predicted molar refractivity (Wildman–Crippen MR) is 55.2 cm³/mol. The first-order valence-electron chi connectivity index (χ1n) is 5.02. The molecule has 80 valence electrons. The highest BCUT2D eigenvalue weighted by atomic mass is 16.6. The van der Waals surface area contributed by atoms with Gasteiger partial charge in [0.15, 0.2) is 0 Å². The molecule has 0 N–H and O–H groups in total. The van der Waals surface area contributed by atoms with Crippen LogP contribution >= 0.6 is 0 Å². The first-order valence-corrected chi connectivity index (χ1v) is 5.02. The van der Waals surface area contributed by atoms with Crippen molar-refractivity contribution < 1.29 is 14.3 Å². The molecule has 15 heavy (non-hydrogen) atoms. The standard InChI is InChI=1S/C12H14O3/c1-8(12(13)14-2)10-11(15-10)9-6-4-3-5-7-9/h3-8,10-11H,1-2H3/t8-,10-,11-/m1/s1. The summed E-state index contributed by atoms with van der Waals surface area (Å²) in [5.41, 5.74) is 1.12. The summed E-state index contributed by atoms with van der Waals surface area (Å²) in [6.07, 6.45) is 0.0279. The van der Waals surface area contributed by atoms with Gasteiger partial charge in [0.05, 0.1) is 13.0 Å². The lowest BCUT2D eigenvalue weighted by Crippen LogP contribution is -2.18. The molecule has 3 nitrogen and oxygen atoms in total. The van der Waals surface area contributed by atoms with Crippen LogP contribution < -0.4 is 0 Å². The Kier molecular flexibility index (Phi) is 2.73. The molecule has 1 fully saturated rings. The Hall–Kier alpha value is -1.35. The number of esters is 1. The summed E-state index contributed by atoms with van der Waals surface area (Å²) in [5, 5.41) is 0. The van der Waals surface area contributed by atoms with Crippen molar-refractivity contribution in [3.05, 3.63) is 35.9 Å². The lowest BCUT2D eigenvalue weighted by atomic mass is 10.0. The number of hydrogen-bond donors (Lipinski definition) is 0. The molecule has 0 bridgehead atoms. The normalized spacial score (nSPS) is 25.7. The minimum atomic E-state index is -0.210. The number of carbonyl (C=O) groups is 1. The Bertz CT molecular complexity index is 347. The molecular weight excluding hydrogens is 192 g/mol. The fraction of sp³-hybridized carbons (Fsp3) is 0.417. The second-order valence-corrected chi connectivity index (χ2v) is 3.74. The van der Waals surface area contributed by atoms with E-state index in [-0.39, 0.29) is 24.1 Å². The molecule has 0 radical (unpaired) electrons. The van der Waals surface area contributed by atoms with E-state index in [1.807, 2.05) is 37.3 Å². The van der Waals surface area contributed by atoms with E-state index in [0.29, 0.717) is 0 Å². The SMILES string of the molecule is COC(=O)[C@H](C)[C@H]1O[C@@H]1c1ccccc1. The number of carbonyl (C=O) groups excluding carboxylic acids is 1. The van der Waals surface area contributed by atoms with E-state index >= 15 is 0 Å². The number of epoxide rings is 1. The molecule has 0 spiro atoms. The first-order chi connectivity index (χ1) is 7.24. The van der Waals surface area contributed by atoms with Gasteiger partial charge in [-0.05, 0) is 12.5 Å². The van der Waals surface area contributed by atoms with E-state index in [1.165, 1.54) is 7.11 Å². The van der Waals surface area contributed by atoms with Crippen LogP contribution in [0.15, 0.2) is 30.3 Å². The summed E-state index contributed by atoms with van der Waals surface area (Å²) < 4.78 is 10.2. The van der Waals surface area contributed by atoms with Gasteiger partial charge in [-0.3, -0.25) is 4.79 Å². The zero-order valence-corrected chi connectivity index (χ0v) is 8.84. The molecule has 3 atom stereocenters. The topological polar surface area (TPSA) is 38.8 Å². The van der Waals surface area contributed by atoms with Crippen LogP contribution in [0.3, 0.4) is 0 Å². The number of ether oxygens (including phenoxy) is 2. The second-order valence-electron chi connectivity index (χ2n) is 3.74. The zero-order valence-electron chi connectivity index (χ0n) is 8.84. The maximum atomic E-state index is 11.3. The molecule has 1 aromatic carbocycles. The lowest BCUT2D eigenvalue weighted by molar-refractivity contribution is -0.145. The van der Waals surface area contributed by atoms with Crippen LogP contribution in [0, 0.1) is 5.92 Å². The quantitative estimate of drug-likeness (QED) is 0.560. The second kappa shape index (κ2) is 4.03. The maximum absolute atomic E-state index is 11.3. The summed E-state index contributed by atoms with van der Waals surface area (Å²) in [6.45, 7) is 1.83. The van der Waals surface area contributed by atoms with Crippen molar-refractivity contribution in [3.8, 4) is 0 Å². The predicted octanol–water partition coefficient (Wildman–Crippen LogP) is 1.94. The highest BCUT2D eigenvalue weighted by Gasteiger charge is 2.46. The lowest BCUT2D eigenvalue weighted by Gasteiger charge is -2.04. The monoisotopic (exact) mass is 206 g/mol. The summed E-state index contributed by atoms with van der Waals surface area (Å²) in [4.78, 5) is 11.3. The number of methoxy groups -OCH3 is 1. The van der Waals surface area contributed by atoms with Gasteiger partial charge in [-0.2, -0.15) is 0 Å². The third-order valence-corrected chi connectivity index (χ3v) is 2.72. The van der Waals surface area contributed by atoms with Gasteiger partial charge in [0.25, 0.3) is 0 Å². The van der Waals surface area contributed by atoms with Crippen LogP contribution in [0.1, 0.15) is 18.6 Å². The molecular formula is C12H14O3. The summed E-state index contributed by atoms with van der Waals surface area (Å²) in [7, 11) is 1.40. The molecule has 1 aliphatic rings. The number of rotatable bonds is 3. The van der Waals surface area contributed by atoms with Crippen LogP contribution in [0.5, 0.6) is 0 Å². The van der Waals surface area contributed by atoms with E-state index in [4.69, 9.17) is 4.74 Å². The van der Waals surface area contributed by atoms with Gasteiger partial charge in [-0.1, -0.05) is 30.3 Å². The molecule has 0 aromatic heterocycles. The highest BCUT2D eigenvalue weighted by molar-refractivity contribution is 5.73. The molecule has 2 rings (SSSR count). The van der Waals surface area contributed by atoms with E-state index in [0.717, 1.165) is 5.56 Å². The Labute approximate surface area is 89.0 Å². The zero-order chi connectivity index (χ0) is 10.8. The van der Waals surface area contributed by atoms with Crippen molar-refractivity contribution in [2.75, 3.05) is 7.11 Å². The molecule has 0 unspecified atom stereocenters. The molecule has 1 aliphatic heterocycles. The van der Waals surface area contributed by atoms with Gasteiger partial charge < -0.3 is 9.47 Å². The number of hydrogen-bond acceptors (Lipinski definition) is 3. The van der Waals surface area contributed by atoms with Gasteiger partial charge in [-0.15, -0.1) is 0 Å². The van der Waals surface area contributed by atoms with Crippen molar-refractivity contribution in [2.45, 2.75) is 19.1 Å². The van der Waals surface area contributed by atoms with Crippen molar-refractivity contribution in [1.29, 1.82) is 0 Å². The van der Waals surface area contributed by atoms with E-state index in [2.05, 4.69) is 4.74 Å². The van der Waals surface area contributed by atoms with Crippen LogP contribution in [-0.4, -0.2) is 19.2 Å². The molecule has 1 aromatic rings. The maximum Gasteiger partial charge on any atom is 0.311 e. The third kappa shape index (κ3) is 2.02. The van der Waals surface area contributed by atoms with Crippen LogP contribution in [-0.2, 0) is 14.3 Å². The molecule has 3 heteroatoms. The molecule has 0 amide bonds. The summed E-state index contributed by atoms with van der Waals surface area (Å²) in [6, 6.07) is 9.92. The fourth-order valence-electron chi connectivity index (χ4n) is 1.73. The van der Waals surface area contributed by atoms with Gasteiger partial charge in [0, 0.05) is 0 Å². The van der Waals surface area contributed by atoms with E-state index in [1.54, 1.807) is 0 Å². The summed E-state index contributed by atoms with van der Waals surface area (Å²) >= 11 is 0. The average molecular weight is 206 g/mol. The van der Waals surface area contributed by atoms with Crippen molar-refractivity contribution in [2.24, 2.45) is 5.92 Å². The minimum absolute atomic E-state index is 0.0279. The summed E-state index contributed by atoms with van der Waals surface area (Å²) in [5.74, 6) is -0.404. The molecule has 1 saturated heterocycles. The van der Waals surface area contributed by atoms with Gasteiger partial charge in [0.1, 0.15) is 12.2 Å². The fourth-order valence-corrected chi connectivity index (χ4v) is 1.73. The van der Waals surface area contributed by atoms with Crippen molar-refractivity contribution >= 4 is 5.97 Å². The smallest absolute Gasteiger partial charge is 0.311 e. The Morgan fingerprint density at radius 1 is 1.40 bits per heavy atom. The largest absolute Gasteiger partial charge is 0.469 e. The average Bonchev–Trinajstić information content (AvgIpc) is 3.08. The minimum Gasteiger partial charge on any atom is -0.469 e. The van der Waals surface area contributed by atoms with E-state index in [9.17, 15) is 4.79 Å².